The lowest BCUT2D eigenvalue weighted by Crippen LogP contribution is -2.67. The van der Waals surface area contributed by atoms with Gasteiger partial charge in [0.05, 0.1) is 0 Å². The highest BCUT2D eigenvalue weighted by molar-refractivity contribution is 5.23. The molecule has 2 aliphatic rings. The van der Waals surface area contributed by atoms with Gasteiger partial charge in [0.25, 0.3) is 0 Å². The molecule has 0 radical (unpaired) electrons. The van der Waals surface area contributed by atoms with Crippen molar-refractivity contribution in [3.63, 3.8) is 0 Å². The van der Waals surface area contributed by atoms with Crippen LogP contribution >= 0.6 is 0 Å². The van der Waals surface area contributed by atoms with E-state index >= 15 is 0 Å². The van der Waals surface area contributed by atoms with Crippen LogP contribution < -0.4 is 5.32 Å². The molecule has 21 heavy (non-hydrogen) atoms. The van der Waals surface area contributed by atoms with Crippen molar-refractivity contribution in [2.75, 3.05) is 13.1 Å². The monoisotopic (exact) mass is 286 g/mol. The van der Waals surface area contributed by atoms with E-state index in [-0.39, 0.29) is 5.54 Å². The minimum absolute atomic E-state index is 0.220. The first-order valence-corrected chi connectivity index (χ1v) is 8.51. The maximum absolute atomic E-state index is 3.76. The van der Waals surface area contributed by atoms with Gasteiger partial charge < -0.3 is 5.32 Å². The van der Waals surface area contributed by atoms with Gasteiger partial charge in [-0.2, -0.15) is 0 Å². The van der Waals surface area contributed by atoms with Crippen LogP contribution in [0, 0.1) is 5.92 Å². The van der Waals surface area contributed by atoms with Crippen LogP contribution in [0.25, 0.3) is 0 Å². The molecular formula is C19H30N2. The molecule has 1 aromatic carbocycles. The first kappa shape index (κ1) is 15.1. The Morgan fingerprint density at radius 3 is 2.29 bits per heavy atom. The molecule has 0 aromatic heterocycles. The highest BCUT2D eigenvalue weighted by Crippen LogP contribution is 2.45. The van der Waals surface area contributed by atoms with Crippen molar-refractivity contribution >= 4 is 0 Å². The van der Waals surface area contributed by atoms with Crippen molar-refractivity contribution < 1.29 is 0 Å². The maximum Gasteiger partial charge on any atom is 0.0338 e. The molecule has 116 valence electrons. The molecule has 1 saturated heterocycles. The Kier molecular flexibility index (Phi) is 3.87. The molecule has 1 aliphatic carbocycles. The summed E-state index contributed by atoms with van der Waals surface area (Å²) in [6.07, 6.45) is 3.94. The third kappa shape index (κ3) is 3.17. The first-order chi connectivity index (χ1) is 9.93. The molecule has 0 spiro atoms. The Hall–Kier alpha value is -0.860. The maximum atomic E-state index is 3.76. The van der Waals surface area contributed by atoms with Crippen LogP contribution in [-0.2, 0) is 13.0 Å². The zero-order valence-electron chi connectivity index (χ0n) is 14.1. The van der Waals surface area contributed by atoms with E-state index in [0.29, 0.717) is 5.54 Å². The summed E-state index contributed by atoms with van der Waals surface area (Å²) >= 11 is 0. The number of nitrogens with zero attached hydrogens (tertiary/aromatic N) is 1. The predicted molar refractivity (Wildman–Crippen MR) is 89.4 cm³/mol. The fourth-order valence-electron chi connectivity index (χ4n) is 3.69. The third-order valence-corrected chi connectivity index (χ3v) is 5.49. The van der Waals surface area contributed by atoms with Crippen LogP contribution in [0.3, 0.4) is 0 Å². The van der Waals surface area contributed by atoms with Crippen molar-refractivity contribution in [3.05, 3.63) is 35.4 Å². The van der Waals surface area contributed by atoms with Crippen molar-refractivity contribution in [2.45, 2.75) is 64.6 Å². The van der Waals surface area contributed by atoms with Crippen LogP contribution in [-0.4, -0.2) is 29.1 Å². The van der Waals surface area contributed by atoms with Gasteiger partial charge in [-0.15, -0.1) is 0 Å². The topological polar surface area (TPSA) is 15.3 Å². The lowest BCUT2D eigenvalue weighted by Gasteiger charge is -2.52. The van der Waals surface area contributed by atoms with Crippen molar-refractivity contribution in [1.82, 2.24) is 10.2 Å². The lowest BCUT2D eigenvalue weighted by molar-refractivity contribution is 0.00520. The number of rotatable bonds is 4. The summed E-state index contributed by atoms with van der Waals surface area (Å²) in [4.78, 5) is 2.74. The normalized spacial score (nSPS) is 29.5. The molecule has 0 amide bonds. The minimum Gasteiger partial charge on any atom is -0.309 e. The van der Waals surface area contributed by atoms with Gasteiger partial charge >= 0.3 is 0 Å². The molecule has 1 aromatic rings. The Balaban J connectivity index is 1.78. The second-order valence-electron chi connectivity index (χ2n) is 7.89. The fourth-order valence-corrected chi connectivity index (χ4v) is 3.69. The molecule has 2 fully saturated rings. The zero-order chi connectivity index (χ0) is 15.1. The molecule has 0 bridgehead atoms. The quantitative estimate of drug-likeness (QED) is 0.910. The van der Waals surface area contributed by atoms with Crippen LogP contribution in [0.15, 0.2) is 24.3 Å². The Labute approximate surface area is 129 Å². The second kappa shape index (κ2) is 5.40. The molecule has 1 heterocycles. The summed E-state index contributed by atoms with van der Waals surface area (Å²) < 4.78 is 0. The van der Waals surface area contributed by atoms with Crippen molar-refractivity contribution in [3.8, 4) is 0 Å². The van der Waals surface area contributed by atoms with Gasteiger partial charge in [0.1, 0.15) is 0 Å². The summed E-state index contributed by atoms with van der Waals surface area (Å²) in [5.74, 6) is 0.885. The van der Waals surface area contributed by atoms with E-state index in [1.807, 2.05) is 0 Å². The third-order valence-electron chi connectivity index (χ3n) is 5.49. The lowest BCUT2D eigenvalue weighted by atomic mass is 9.85. The predicted octanol–water partition coefficient (Wildman–Crippen LogP) is 3.60. The minimum atomic E-state index is 0.220. The molecule has 1 aliphatic heterocycles. The van der Waals surface area contributed by atoms with Crippen LogP contribution in [0.4, 0.5) is 0 Å². The molecular weight excluding hydrogens is 256 g/mol. The van der Waals surface area contributed by atoms with E-state index in [4.69, 9.17) is 0 Å². The zero-order valence-corrected chi connectivity index (χ0v) is 14.1. The van der Waals surface area contributed by atoms with Crippen LogP contribution in [0.1, 0.15) is 51.7 Å². The number of piperazine rings is 1. The number of nitrogens with one attached hydrogen (secondary N) is 1. The van der Waals surface area contributed by atoms with E-state index in [2.05, 4.69) is 62.2 Å². The standard InChI is InChI=1S/C19H30N2/c1-5-15-6-8-16(9-7-15)12-21-14-18(2,3)20-13-19(21,4)17-10-11-17/h6-9,17,20H,5,10-14H2,1-4H3. The van der Waals surface area contributed by atoms with Crippen LogP contribution in [0.2, 0.25) is 0 Å². The van der Waals surface area contributed by atoms with Gasteiger partial charge in [-0.3, -0.25) is 4.90 Å². The Bertz CT molecular complexity index is 487. The SMILES string of the molecule is CCc1ccc(CN2CC(C)(C)NCC2(C)C2CC2)cc1. The van der Waals surface area contributed by atoms with Crippen molar-refractivity contribution in [1.29, 1.82) is 0 Å². The molecule has 1 unspecified atom stereocenters. The van der Waals surface area contributed by atoms with E-state index in [9.17, 15) is 0 Å². The van der Waals surface area contributed by atoms with Gasteiger partial charge in [-0.1, -0.05) is 31.2 Å². The highest BCUT2D eigenvalue weighted by Gasteiger charge is 2.49. The first-order valence-electron chi connectivity index (χ1n) is 8.51. The fraction of sp³-hybridized carbons (Fsp3) is 0.684. The average Bonchev–Trinajstić information content (AvgIpc) is 3.29. The van der Waals surface area contributed by atoms with Crippen molar-refractivity contribution in [2.24, 2.45) is 5.92 Å². The van der Waals surface area contributed by atoms with E-state index in [0.717, 1.165) is 32.0 Å². The van der Waals surface area contributed by atoms with Crippen LogP contribution in [0.5, 0.6) is 0 Å². The summed E-state index contributed by atoms with van der Waals surface area (Å²) in [6, 6.07) is 9.22. The van der Waals surface area contributed by atoms with Gasteiger partial charge in [0, 0.05) is 30.7 Å². The molecule has 3 rings (SSSR count). The van der Waals surface area contributed by atoms with E-state index in [1.54, 1.807) is 0 Å². The molecule has 1 atom stereocenters. The van der Waals surface area contributed by atoms with Gasteiger partial charge in [0.2, 0.25) is 0 Å². The van der Waals surface area contributed by atoms with Gasteiger partial charge in [-0.25, -0.2) is 0 Å². The van der Waals surface area contributed by atoms with Gasteiger partial charge in [0.15, 0.2) is 0 Å². The molecule has 2 nitrogen and oxygen atoms in total. The highest BCUT2D eigenvalue weighted by atomic mass is 15.3. The van der Waals surface area contributed by atoms with E-state index in [1.165, 1.54) is 24.0 Å². The number of hydrogen-bond donors (Lipinski definition) is 1. The smallest absolute Gasteiger partial charge is 0.0338 e. The largest absolute Gasteiger partial charge is 0.309 e. The summed E-state index contributed by atoms with van der Waals surface area (Å²) in [6.45, 7) is 12.7. The summed E-state index contributed by atoms with van der Waals surface area (Å²) in [5.41, 5.74) is 3.44. The van der Waals surface area contributed by atoms with Gasteiger partial charge in [-0.05, 0) is 57.1 Å². The summed E-state index contributed by atoms with van der Waals surface area (Å²) in [7, 11) is 0. The average molecular weight is 286 g/mol. The molecule has 1 N–H and O–H groups in total. The van der Waals surface area contributed by atoms with E-state index < -0.39 is 0 Å². The Morgan fingerprint density at radius 2 is 1.71 bits per heavy atom. The Morgan fingerprint density at radius 1 is 1.10 bits per heavy atom. The number of hydrogen-bond acceptors (Lipinski definition) is 2. The second-order valence-corrected chi connectivity index (χ2v) is 7.89. The number of aryl methyl sites for hydroxylation is 1. The summed E-state index contributed by atoms with van der Waals surface area (Å²) in [5, 5.41) is 3.76. The molecule has 2 heteroatoms. The molecule has 1 saturated carbocycles. The number of benzene rings is 1.